The molecule has 1 unspecified atom stereocenters. The minimum absolute atomic E-state index is 0.118. The van der Waals surface area contributed by atoms with Crippen LogP contribution in [-0.2, 0) is 11.3 Å². The summed E-state index contributed by atoms with van der Waals surface area (Å²) in [5, 5.41) is 1.29. The van der Waals surface area contributed by atoms with E-state index in [9.17, 15) is 4.79 Å². The average Bonchev–Trinajstić information content (AvgIpc) is 3.23. The molecule has 1 fully saturated rings. The van der Waals surface area contributed by atoms with Gasteiger partial charge in [-0.05, 0) is 35.2 Å². The van der Waals surface area contributed by atoms with Crippen LogP contribution in [0.1, 0.15) is 10.9 Å². The third-order valence-corrected chi connectivity index (χ3v) is 6.14. The Morgan fingerprint density at radius 1 is 1.12 bits per heavy atom. The maximum Gasteiger partial charge on any atom is 0.243 e. The molecule has 1 atom stereocenters. The molecule has 4 rings (SSSR count). The Morgan fingerprint density at radius 3 is 2.75 bits per heavy atom. The normalized spacial score (nSPS) is 17.5. The third kappa shape index (κ3) is 2.98. The quantitative estimate of drug-likeness (QED) is 0.637. The molecule has 1 amide bonds. The zero-order valence-electron chi connectivity index (χ0n) is 13.1. The average molecular weight is 401 g/mol. The van der Waals surface area contributed by atoms with Gasteiger partial charge in [-0.3, -0.25) is 4.79 Å². The summed E-state index contributed by atoms with van der Waals surface area (Å²) in [7, 11) is 0. The second-order valence-corrected chi connectivity index (χ2v) is 7.97. The number of aromatic nitrogens is 1. The van der Waals surface area contributed by atoms with Gasteiger partial charge >= 0.3 is 0 Å². The summed E-state index contributed by atoms with van der Waals surface area (Å²) < 4.78 is 3.10. The van der Waals surface area contributed by atoms with E-state index in [-0.39, 0.29) is 11.3 Å². The fraction of sp³-hybridized carbons (Fsp3) is 0.211. The first-order valence-corrected chi connectivity index (χ1v) is 9.77. The second-order valence-electron chi connectivity index (χ2n) is 5.86. The standard InChI is InChI=1S/C19H17BrN2OS/c20-16-7-5-15(6-8-16)19-22(11-12-24-19)18(23)13-21-10-9-14-3-1-2-4-17(14)21/h1-10,19H,11-13H2. The van der Waals surface area contributed by atoms with Crippen molar-refractivity contribution in [1.29, 1.82) is 0 Å². The lowest BCUT2D eigenvalue weighted by molar-refractivity contribution is -0.131. The van der Waals surface area contributed by atoms with Gasteiger partial charge in [-0.1, -0.05) is 46.3 Å². The van der Waals surface area contributed by atoms with Gasteiger partial charge in [0.1, 0.15) is 11.9 Å². The lowest BCUT2D eigenvalue weighted by Crippen LogP contribution is -2.33. The lowest BCUT2D eigenvalue weighted by Gasteiger charge is -2.24. The summed E-state index contributed by atoms with van der Waals surface area (Å²) >= 11 is 5.30. The zero-order chi connectivity index (χ0) is 16.5. The predicted molar refractivity (Wildman–Crippen MR) is 103 cm³/mol. The molecule has 2 heterocycles. The predicted octanol–water partition coefficient (Wildman–Crippen LogP) is 4.68. The van der Waals surface area contributed by atoms with Crippen molar-refractivity contribution < 1.29 is 4.79 Å². The molecule has 3 aromatic rings. The number of hydrogen-bond donors (Lipinski definition) is 0. The van der Waals surface area contributed by atoms with Gasteiger partial charge in [-0.2, -0.15) is 0 Å². The van der Waals surface area contributed by atoms with Crippen LogP contribution in [0.15, 0.2) is 65.3 Å². The number of nitrogens with zero attached hydrogens (tertiary/aromatic N) is 2. The molecular formula is C19H17BrN2OS. The number of amides is 1. The molecule has 0 saturated carbocycles. The highest BCUT2D eigenvalue weighted by Crippen LogP contribution is 2.38. The van der Waals surface area contributed by atoms with Crippen molar-refractivity contribution in [2.75, 3.05) is 12.3 Å². The first-order chi connectivity index (χ1) is 11.7. The van der Waals surface area contributed by atoms with Crippen LogP contribution >= 0.6 is 27.7 Å². The molecule has 1 aromatic heterocycles. The number of hydrogen-bond acceptors (Lipinski definition) is 2. The first-order valence-electron chi connectivity index (χ1n) is 7.93. The van der Waals surface area contributed by atoms with Crippen LogP contribution in [0.4, 0.5) is 0 Å². The summed E-state index contributed by atoms with van der Waals surface area (Å²) in [6, 6.07) is 18.5. The van der Waals surface area contributed by atoms with E-state index in [1.165, 1.54) is 10.9 Å². The Labute approximate surface area is 153 Å². The van der Waals surface area contributed by atoms with Crippen molar-refractivity contribution in [2.24, 2.45) is 0 Å². The smallest absolute Gasteiger partial charge is 0.243 e. The van der Waals surface area contributed by atoms with Crippen LogP contribution in [0.25, 0.3) is 10.9 Å². The van der Waals surface area contributed by atoms with E-state index in [2.05, 4.69) is 46.3 Å². The van der Waals surface area contributed by atoms with Gasteiger partial charge in [0.25, 0.3) is 0 Å². The van der Waals surface area contributed by atoms with Gasteiger partial charge in [-0.25, -0.2) is 0 Å². The Hall–Kier alpha value is -1.72. The maximum absolute atomic E-state index is 12.9. The molecule has 1 aliphatic heterocycles. The SMILES string of the molecule is O=C(Cn1ccc2ccccc21)N1CCSC1c1ccc(Br)cc1. The van der Waals surface area contributed by atoms with Crippen LogP contribution in [0.5, 0.6) is 0 Å². The highest BCUT2D eigenvalue weighted by molar-refractivity contribution is 9.10. The van der Waals surface area contributed by atoms with Crippen molar-refractivity contribution in [3.63, 3.8) is 0 Å². The molecule has 0 spiro atoms. The highest BCUT2D eigenvalue weighted by atomic mass is 79.9. The molecule has 122 valence electrons. The number of para-hydroxylation sites is 1. The van der Waals surface area contributed by atoms with E-state index in [4.69, 9.17) is 0 Å². The van der Waals surface area contributed by atoms with Gasteiger partial charge < -0.3 is 9.47 Å². The Morgan fingerprint density at radius 2 is 1.92 bits per heavy atom. The number of carbonyl (C=O) groups is 1. The molecule has 0 bridgehead atoms. The Bertz CT molecular complexity index is 874. The minimum atomic E-state index is 0.118. The molecule has 0 N–H and O–H groups in total. The van der Waals surface area contributed by atoms with E-state index in [1.54, 1.807) is 0 Å². The molecule has 2 aromatic carbocycles. The van der Waals surface area contributed by atoms with Gasteiger partial charge in [0, 0.05) is 28.5 Å². The topological polar surface area (TPSA) is 25.2 Å². The van der Waals surface area contributed by atoms with E-state index >= 15 is 0 Å². The maximum atomic E-state index is 12.9. The van der Waals surface area contributed by atoms with E-state index in [0.717, 1.165) is 22.3 Å². The first kappa shape index (κ1) is 15.8. The fourth-order valence-corrected chi connectivity index (χ4v) is 4.69. The lowest BCUT2D eigenvalue weighted by atomic mass is 10.2. The zero-order valence-corrected chi connectivity index (χ0v) is 15.5. The van der Waals surface area contributed by atoms with E-state index in [1.807, 2.05) is 51.7 Å². The fourth-order valence-electron chi connectivity index (χ4n) is 3.14. The van der Waals surface area contributed by atoms with Gasteiger partial charge in [0.15, 0.2) is 0 Å². The summed E-state index contributed by atoms with van der Waals surface area (Å²) in [5.41, 5.74) is 2.30. The number of halogens is 1. The molecule has 3 nitrogen and oxygen atoms in total. The molecule has 1 aliphatic rings. The van der Waals surface area contributed by atoms with Gasteiger partial charge in [0.2, 0.25) is 5.91 Å². The van der Waals surface area contributed by atoms with Crippen molar-refractivity contribution in [2.45, 2.75) is 11.9 Å². The second kappa shape index (κ2) is 6.65. The molecule has 5 heteroatoms. The van der Waals surface area contributed by atoms with Crippen molar-refractivity contribution in [3.8, 4) is 0 Å². The van der Waals surface area contributed by atoms with Gasteiger partial charge in [-0.15, -0.1) is 11.8 Å². The highest BCUT2D eigenvalue weighted by Gasteiger charge is 2.30. The van der Waals surface area contributed by atoms with Crippen LogP contribution in [0, 0.1) is 0 Å². The molecule has 1 saturated heterocycles. The summed E-state index contributed by atoms with van der Waals surface area (Å²) in [6.07, 6.45) is 2.00. The van der Waals surface area contributed by atoms with E-state index in [0.29, 0.717) is 6.54 Å². The van der Waals surface area contributed by atoms with Gasteiger partial charge in [0.05, 0.1) is 0 Å². The van der Waals surface area contributed by atoms with E-state index < -0.39 is 0 Å². The molecular weight excluding hydrogens is 384 g/mol. The van der Waals surface area contributed by atoms with Crippen LogP contribution < -0.4 is 0 Å². The Balaban J connectivity index is 1.56. The largest absolute Gasteiger partial charge is 0.338 e. The number of fused-ring (bicyclic) bond motifs is 1. The minimum Gasteiger partial charge on any atom is -0.338 e. The number of thioether (sulfide) groups is 1. The van der Waals surface area contributed by atoms with Crippen LogP contribution in [-0.4, -0.2) is 27.7 Å². The van der Waals surface area contributed by atoms with Crippen molar-refractivity contribution >= 4 is 44.5 Å². The molecule has 0 radical (unpaired) electrons. The van der Waals surface area contributed by atoms with Crippen LogP contribution in [0.2, 0.25) is 0 Å². The summed E-state index contributed by atoms with van der Waals surface area (Å²) in [5.74, 6) is 1.16. The summed E-state index contributed by atoms with van der Waals surface area (Å²) in [4.78, 5) is 14.9. The van der Waals surface area contributed by atoms with Crippen molar-refractivity contribution in [1.82, 2.24) is 9.47 Å². The molecule has 0 aliphatic carbocycles. The monoisotopic (exact) mass is 400 g/mol. The van der Waals surface area contributed by atoms with Crippen LogP contribution in [0.3, 0.4) is 0 Å². The number of carbonyl (C=O) groups excluding carboxylic acids is 1. The Kier molecular flexibility index (Phi) is 4.37. The molecule has 24 heavy (non-hydrogen) atoms. The number of rotatable bonds is 3. The summed E-state index contributed by atoms with van der Waals surface area (Å²) in [6.45, 7) is 1.20. The number of benzene rings is 2. The van der Waals surface area contributed by atoms with Crippen molar-refractivity contribution in [3.05, 3.63) is 70.8 Å². The third-order valence-electron chi connectivity index (χ3n) is 4.35.